The van der Waals surface area contributed by atoms with E-state index in [0.29, 0.717) is 19.4 Å². The van der Waals surface area contributed by atoms with E-state index in [2.05, 4.69) is 6.92 Å². The molecule has 3 aliphatic rings. The molecule has 4 bridgehead atoms. The molecule has 0 aromatic rings. The van der Waals surface area contributed by atoms with Crippen molar-refractivity contribution in [3.05, 3.63) is 23.8 Å². The largest absolute Gasteiger partial charge is 0.466 e. The van der Waals surface area contributed by atoms with Gasteiger partial charge in [-0.3, -0.25) is 9.59 Å². The van der Waals surface area contributed by atoms with Crippen molar-refractivity contribution in [2.45, 2.75) is 147 Å². The Labute approximate surface area is 288 Å². The predicted octanol–water partition coefficient (Wildman–Crippen LogP) is 2.72. The van der Waals surface area contributed by atoms with Crippen LogP contribution >= 0.6 is 0 Å². The molecule has 49 heavy (non-hydrogen) atoms. The molecule has 3 aliphatic heterocycles. The zero-order chi connectivity index (χ0) is 36.0. The number of rotatable bonds is 9. The summed E-state index contributed by atoms with van der Waals surface area (Å²) >= 11 is 0. The van der Waals surface area contributed by atoms with Crippen LogP contribution in [0.4, 0.5) is 0 Å². The molecule has 8 atom stereocenters. The fourth-order valence-electron chi connectivity index (χ4n) is 6.10. The average Bonchev–Trinajstić information content (AvgIpc) is 3.04. The Morgan fingerprint density at radius 2 is 1.76 bits per heavy atom. The molecule has 1 unspecified atom stereocenters. The van der Waals surface area contributed by atoms with Crippen LogP contribution in [0.3, 0.4) is 0 Å². The normalized spacial score (nSPS) is 34.7. The topological polar surface area (TPSA) is 197 Å². The standard InChI is InChI=1S/C35H56O14/c1-5-6-7-8-9-10-28(38)48-33-23(18-29(39)43-4)17-26-20-27(22-36)46-31(41)19-24(37)12-15-44-30(40)21-25-13-16-45-32(47-25)11-14-34(2,3)35(33,42)49-26/h11,14,18,24-27,30,32-33,36-37,40,42H,5-10,12-13,15-17,19-22H2,1-4H3/b14-11+,23-18+/t24-,25+,26+,27?,30-,32+,33+,35-/m1/s1. The molecule has 0 radical (unpaired) electrons. The molecule has 0 saturated carbocycles. The van der Waals surface area contributed by atoms with E-state index in [0.717, 1.165) is 31.8 Å². The quantitative estimate of drug-likeness (QED) is 0.0901. The zero-order valence-electron chi connectivity index (χ0n) is 29.3. The Kier molecular flexibility index (Phi) is 16.6. The highest BCUT2D eigenvalue weighted by Crippen LogP contribution is 2.47. The Morgan fingerprint density at radius 1 is 1.02 bits per heavy atom. The summed E-state index contributed by atoms with van der Waals surface area (Å²) in [5, 5.41) is 43.4. The van der Waals surface area contributed by atoms with E-state index in [1.54, 1.807) is 26.0 Å². The summed E-state index contributed by atoms with van der Waals surface area (Å²) in [5.74, 6) is -4.40. The van der Waals surface area contributed by atoms with E-state index in [1.165, 1.54) is 7.11 Å². The molecule has 280 valence electrons. The van der Waals surface area contributed by atoms with Gasteiger partial charge < -0.3 is 53.6 Å². The van der Waals surface area contributed by atoms with Crippen LogP contribution in [-0.4, -0.2) is 114 Å². The van der Waals surface area contributed by atoms with E-state index < -0.39 is 85.2 Å². The summed E-state index contributed by atoms with van der Waals surface area (Å²) in [5.41, 5.74) is -1.13. The molecular weight excluding hydrogens is 644 g/mol. The van der Waals surface area contributed by atoms with Gasteiger partial charge in [-0.05, 0) is 37.3 Å². The number of unbranched alkanes of at least 4 members (excludes halogenated alkanes) is 4. The number of ether oxygens (including phenoxy) is 7. The summed E-state index contributed by atoms with van der Waals surface area (Å²) in [6.45, 7) is 5.11. The number of esters is 3. The highest BCUT2D eigenvalue weighted by molar-refractivity contribution is 5.83. The van der Waals surface area contributed by atoms with Crippen molar-refractivity contribution in [2.24, 2.45) is 5.41 Å². The Bertz CT molecular complexity index is 1120. The van der Waals surface area contributed by atoms with Gasteiger partial charge in [0.2, 0.25) is 5.79 Å². The zero-order valence-corrected chi connectivity index (χ0v) is 29.3. The van der Waals surface area contributed by atoms with Crippen LogP contribution in [0.2, 0.25) is 0 Å². The van der Waals surface area contributed by atoms with Crippen LogP contribution in [0.5, 0.6) is 0 Å². The number of hydrogen-bond donors (Lipinski definition) is 4. The molecule has 2 saturated heterocycles. The van der Waals surface area contributed by atoms with E-state index in [-0.39, 0.29) is 44.3 Å². The number of methoxy groups -OCH3 is 1. The maximum atomic E-state index is 13.2. The highest BCUT2D eigenvalue weighted by atomic mass is 16.7. The third-order valence-corrected chi connectivity index (χ3v) is 9.04. The Balaban J connectivity index is 2.00. The number of aliphatic hydroxyl groups excluding tert-OH is 3. The smallest absolute Gasteiger partial charge is 0.330 e. The summed E-state index contributed by atoms with van der Waals surface area (Å²) < 4.78 is 39.8. The third-order valence-electron chi connectivity index (χ3n) is 9.04. The van der Waals surface area contributed by atoms with Gasteiger partial charge in [0.1, 0.15) is 6.10 Å². The number of carbonyl (C=O) groups is 3. The molecule has 0 amide bonds. The molecule has 14 nitrogen and oxygen atoms in total. The van der Waals surface area contributed by atoms with Crippen LogP contribution in [-0.2, 0) is 47.5 Å². The van der Waals surface area contributed by atoms with Crippen molar-refractivity contribution in [3.8, 4) is 0 Å². The van der Waals surface area contributed by atoms with E-state index in [9.17, 15) is 34.8 Å². The summed E-state index contributed by atoms with van der Waals surface area (Å²) in [4.78, 5) is 38.5. The third kappa shape index (κ3) is 12.7. The molecule has 0 aromatic heterocycles. The number of hydrogen-bond acceptors (Lipinski definition) is 14. The summed E-state index contributed by atoms with van der Waals surface area (Å²) in [6, 6.07) is 0. The van der Waals surface area contributed by atoms with Crippen LogP contribution < -0.4 is 0 Å². The molecule has 0 spiro atoms. The lowest BCUT2D eigenvalue weighted by Crippen LogP contribution is -2.62. The van der Waals surface area contributed by atoms with Crippen molar-refractivity contribution in [1.29, 1.82) is 0 Å². The Hall–Kier alpha value is -2.43. The van der Waals surface area contributed by atoms with Gasteiger partial charge in [0.15, 0.2) is 18.7 Å². The molecule has 14 heteroatoms. The average molecular weight is 701 g/mol. The van der Waals surface area contributed by atoms with Crippen LogP contribution in [0.15, 0.2) is 23.8 Å². The minimum atomic E-state index is -2.29. The minimum absolute atomic E-state index is 0.0197. The molecule has 3 heterocycles. The maximum Gasteiger partial charge on any atom is 0.330 e. The monoisotopic (exact) mass is 700 g/mol. The fraction of sp³-hybridized carbons (Fsp3) is 0.800. The molecule has 0 aromatic carbocycles. The number of aliphatic hydroxyl groups is 4. The van der Waals surface area contributed by atoms with Crippen LogP contribution in [0.1, 0.15) is 97.8 Å². The van der Waals surface area contributed by atoms with Crippen molar-refractivity contribution in [1.82, 2.24) is 0 Å². The number of carbonyl (C=O) groups excluding carboxylic acids is 3. The van der Waals surface area contributed by atoms with Gasteiger partial charge in [0, 0.05) is 30.8 Å². The summed E-state index contributed by atoms with van der Waals surface area (Å²) in [7, 11) is 1.20. The first-order valence-electron chi connectivity index (χ1n) is 17.4. The van der Waals surface area contributed by atoms with Gasteiger partial charge in [-0.25, -0.2) is 4.79 Å². The number of fused-ring (bicyclic) bond motifs is 4. The molecule has 4 N–H and O–H groups in total. The lowest BCUT2D eigenvalue weighted by atomic mass is 9.74. The second-order valence-corrected chi connectivity index (χ2v) is 13.5. The minimum Gasteiger partial charge on any atom is -0.466 e. The SMILES string of the molecule is CCCCCCCC(=O)O[C@H]1/C(=C/C(=O)OC)C[C@H]2CC(CO)OC(=O)C[C@H](O)CCO[C@@H](O)C[C@@H]3CCO[C@H](/C=C/C(C)(C)[C@]1(O)O2)O3. The lowest BCUT2D eigenvalue weighted by Gasteiger charge is -2.51. The van der Waals surface area contributed by atoms with Gasteiger partial charge in [0.05, 0.1) is 51.7 Å². The number of cyclic esters (lactones) is 1. The van der Waals surface area contributed by atoms with E-state index >= 15 is 0 Å². The van der Waals surface area contributed by atoms with Crippen LogP contribution in [0.25, 0.3) is 0 Å². The molecule has 0 aliphatic carbocycles. The second kappa shape index (κ2) is 19.8. The first-order valence-corrected chi connectivity index (χ1v) is 17.4. The van der Waals surface area contributed by atoms with Crippen molar-refractivity contribution in [2.75, 3.05) is 26.9 Å². The van der Waals surface area contributed by atoms with Crippen molar-refractivity contribution in [3.63, 3.8) is 0 Å². The van der Waals surface area contributed by atoms with Crippen LogP contribution in [0, 0.1) is 5.41 Å². The first kappa shape index (κ1) is 41.0. The molecule has 3 rings (SSSR count). The van der Waals surface area contributed by atoms with Crippen molar-refractivity contribution >= 4 is 17.9 Å². The van der Waals surface area contributed by atoms with Gasteiger partial charge >= 0.3 is 17.9 Å². The Morgan fingerprint density at radius 3 is 2.47 bits per heavy atom. The summed E-state index contributed by atoms with van der Waals surface area (Å²) in [6.07, 6.45) is 1.99. The van der Waals surface area contributed by atoms with Gasteiger partial charge in [-0.1, -0.05) is 52.5 Å². The van der Waals surface area contributed by atoms with Gasteiger partial charge in [0.25, 0.3) is 0 Å². The first-order chi connectivity index (χ1) is 23.3. The molecular formula is C35H56O14. The van der Waals surface area contributed by atoms with E-state index in [1.807, 2.05) is 0 Å². The predicted molar refractivity (Wildman–Crippen MR) is 173 cm³/mol. The maximum absolute atomic E-state index is 13.2. The second-order valence-electron chi connectivity index (χ2n) is 13.5. The lowest BCUT2D eigenvalue weighted by molar-refractivity contribution is -0.327. The highest BCUT2D eigenvalue weighted by Gasteiger charge is 2.57. The van der Waals surface area contributed by atoms with Gasteiger partial charge in [-0.15, -0.1) is 0 Å². The van der Waals surface area contributed by atoms with Crippen molar-refractivity contribution < 1.29 is 68.0 Å². The van der Waals surface area contributed by atoms with E-state index in [4.69, 9.17) is 33.2 Å². The fourth-order valence-corrected chi connectivity index (χ4v) is 6.10. The molecule has 2 fully saturated rings. The van der Waals surface area contributed by atoms with Gasteiger partial charge in [-0.2, -0.15) is 0 Å².